The van der Waals surface area contributed by atoms with E-state index in [4.69, 9.17) is 25.8 Å². The number of anilines is 3. The lowest BCUT2D eigenvalue weighted by Crippen LogP contribution is -2.37. The topological polar surface area (TPSA) is 89.1 Å². The van der Waals surface area contributed by atoms with E-state index >= 15 is 0 Å². The van der Waals surface area contributed by atoms with E-state index in [1.807, 2.05) is 0 Å². The molecule has 1 heterocycles. The van der Waals surface area contributed by atoms with Crippen molar-refractivity contribution in [2.45, 2.75) is 32.8 Å². The standard InChI is InChI=1S/C19H28ClN3O5/c1-19(2,3)28-18(25)22-14-11-13(21-17(24)5-6-20)15(12-16(14)26-4)23-7-9-27-10-8-23/h11-12H,5-10H2,1-4H3,(H,21,24)(H,22,25). The molecule has 0 unspecified atom stereocenters. The number of nitrogens with zero attached hydrogens (tertiary/aromatic N) is 1. The Bertz CT molecular complexity index is 700. The number of alkyl halides is 1. The predicted molar refractivity (Wildman–Crippen MR) is 110 cm³/mol. The number of carbonyl (C=O) groups excluding carboxylic acids is 2. The third-order valence-electron chi connectivity index (χ3n) is 3.90. The number of hydrogen-bond acceptors (Lipinski definition) is 6. The fourth-order valence-corrected chi connectivity index (χ4v) is 2.89. The van der Waals surface area contributed by atoms with E-state index < -0.39 is 11.7 Å². The Morgan fingerprint density at radius 2 is 1.86 bits per heavy atom. The van der Waals surface area contributed by atoms with E-state index in [0.29, 0.717) is 43.4 Å². The Hall–Kier alpha value is -2.19. The molecule has 1 saturated heterocycles. The molecule has 1 aromatic rings. The highest BCUT2D eigenvalue weighted by Gasteiger charge is 2.22. The molecule has 0 saturated carbocycles. The number of methoxy groups -OCH3 is 1. The number of halogens is 1. The average Bonchev–Trinajstić information content (AvgIpc) is 2.61. The van der Waals surface area contributed by atoms with Gasteiger partial charge >= 0.3 is 6.09 Å². The molecule has 0 atom stereocenters. The molecule has 2 amide bonds. The molecule has 1 aromatic carbocycles. The van der Waals surface area contributed by atoms with Gasteiger partial charge in [-0.2, -0.15) is 0 Å². The summed E-state index contributed by atoms with van der Waals surface area (Å²) >= 11 is 5.68. The van der Waals surface area contributed by atoms with Crippen LogP contribution in [0.4, 0.5) is 21.9 Å². The van der Waals surface area contributed by atoms with E-state index in [1.54, 1.807) is 32.9 Å². The molecule has 2 N–H and O–H groups in total. The minimum Gasteiger partial charge on any atom is -0.494 e. The van der Waals surface area contributed by atoms with Crippen molar-refractivity contribution in [1.82, 2.24) is 0 Å². The van der Waals surface area contributed by atoms with Gasteiger partial charge in [-0.25, -0.2) is 4.79 Å². The van der Waals surface area contributed by atoms with Crippen LogP contribution in [0.2, 0.25) is 0 Å². The van der Waals surface area contributed by atoms with Crippen molar-refractivity contribution in [2.75, 3.05) is 54.8 Å². The molecule has 1 fully saturated rings. The highest BCUT2D eigenvalue weighted by Crippen LogP contribution is 2.38. The number of amides is 2. The lowest BCUT2D eigenvalue weighted by Gasteiger charge is -2.31. The molecule has 0 aromatic heterocycles. The molecule has 9 heteroatoms. The van der Waals surface area contributed by atoms with Gasteiger partial charge in [-0.1, -0.05) is 0 Å². The number of carbonyl (C=O) groups is 2. The quantitative estimate of drug-likeness (QED) is 0.694. The Kier molecular flexibility index (Phi) is 7.77. The van der Waals surface area contributed by atoms with E-state index in [0.717, 1.165) is 5.69 Å². The lowest BCUT2D eigenvalue weighted by atomic mass is 10.1. The summed E-state index contributed by atoms with van der Waals surface area (Å²) in [5.74, 6) is 0.471. The van der Waals surface area contributed by atoms with E-state index in [1.165, 1.54) is 7.11 Å². The summed E-state index contributed by atoms with van der Waals surface area (Å²) < 4.78 is 16.2. The number of nitrogens with one attached hydrogen (secondary N) is 2. The summed E-state index contributed by atoms with van der Waals surface area (Å²) in [5.41, 5.74) is 1.11. The van der Waals surface area contributed by atoms with Crippen LogP contribution in [0, 0.1) is 0 Å². The van der Waals surface area contributed by atoms with Crippen molar-refractivity contribution < 1.29 is 23.8 Å². The minimum atomic E-state index is -0.636. The van der Waals surface area contributed by atoms with Crippen molar-refractivity contribution in [3.8, 4) is 5.75 Å². The number of hydrogen-bond donors (Lipinski definition) is 2. The van der Waals surface area contributed by atoms with E-state index in [9.17, 15) is 9.59 Å². The molecular formula is C19H28ClN3O5. The molecule has 1 aliphatic rings. The Morgan fingerprint density at radius 3 is 2.43 bits per heavy atom. The van der Waals surface area contributed by atoms with Crippen LogP contribution in [0.25, 0.3) is 0 Å². The molecular weight excluding hydrogens is 386 g/mol. The molecule has 0 aliphatic carbocycles. The smallest absolute Gasteiger partial charge is 0.412 e. The first-order valence-electron chi connectivity index (χ1n) is 9.14. The SMILES string of the molecule is COc1cc(N2CCOCC2)c(NC(=O)CCCl)cc1NC(=O)OC(C)(C)C. The maximum Gasteiger partial charge on any atom is 0.412 e. The summed E-state index contributed by atoms with van der Waals surface area (Å²) in [4.78, 5) is 26.4. The molecule has 8 nitrogen and oxygen atoms in total. The zero-order chi connectivity index (χ0) is 20.7. The first-order chi connectivity index (χ1) is 13.2. The second-order valence-electron chi connectivity index (χ2n) is 7.28. The van der Waals surface area contributed by atoms with Crippen LogP contribution in [0.15, 0.2) is 12.1 Å². The van der Waals surface area contributed by atoms with Crippen LogP contribution in [0.3, 0.4) is 0 Å². The second kappa shape index (κ2) is 9.84. The molecule has 2 rings (SSSR count). The number of benzene rings is 1. The maximum absolute atomic E-state index is 12.2. The van der Waals surface area contributed by atoms with Crippen molar-refractivity contribution in [3.05, 3.63) is 12.1 Å². The van der Waals surface area contributed by atoms with Gasteiger partial charge < -0.3 is 24.4 Å². The number of morpholine rings is 1. The van der Waals surface area contributed by atoms with Gasteiger partial charge in [0.2, 0.25) is 5.91 Å². The summed E-state index contributed by atoms with van der Waals surface area (Å²) in [6.45, 7) is 7.89. The highest BCUT2D eigenvalue weighted by molar-refractivity contribution is 6.19. The first-order valence-corrected chi connectivity index (χ1v) is 9.67. The monoisotopic (exact) mass is 413 g/mol. The summed E-state index contributed by atoms with van der Waals surface area (Å²) in [6, 6.07) is 3.45. The van der Waals surface area contributed by atoms with Crippen molar-refractivity contribution in [2.24, 2.45) is 0 Å². The van der Waals surface area contributed by atoms with Crippen LogP contribution in [-0.4, -0.2) is 56.9 Å². The Balaban J connectivity index is 2.36. The minimum absolute atomic E-state index is 0.185. The van der Waals surface area contributed by atoms with E-state index in [-0.39, 0.29) is 18.2 Å². The third-order valence-corrected chi connectivity index (χ3v) is 4.09. The zero-order valence-corrected chi connectivity index (χ0v) is 17.5. The van der Waals surface area contributed by atoms with Gasteiger partial charge in [0.05, 0.1) is 37.4 Å². The normalized spacial score (nSPS) is 14.4. The van der Waals surface area contributed by atoms with Crippen LogP contribution in [-0.2, 0) is 14.3 Å². The van der Waals surface area contributed by atoms with Gasteiger partial charge in [0.15, 0.2) is 0 Å². The third kappa shape index (κ3) is 6.45. The van der Waals surface area contributed by atoms with Crippen molar-refractivity contribution >= 4 is 40.7 Å². The Morgan fingerprint density at radius 1 is 1.18 bits per heavy atom. The van der Waals surface area contributed by atoms with Gasteiger partial charge in [-0.3, -0.25) is 10.1 Å². The first kappa shape index (κ1) is 22.1. The largest absolute Gasteiger partial charge is 0.494 e. The summed E-state index contributed by atoms with van der Waals surface area (Å²) in [5, 5.41) is 5.56. The van der Waals surface area contributed by atoms with Gasteiger partial charge in [-0.05, 0) is 26.8 Å². The second-order valence-corrected chi connectivity index (χ2v) is 7.66. The molecule has 0 bridgehead atoms. The van der Waals surface area contributed by atoms with Crippen LogP contribution in [0.1, 0.15) is 27.2 Å². The maximum atomic E-state index is 12.2. The highest BCUT2D eigenvalue weighted by atomic mass is 35.5. The van der Waals surface area contributed by atoms with Crippen LogP contribution >= 0.6 is 11.6 Å². The van der Waals surface area contributed by atoms with Crippen molar-refractivity contribution in [3.63, 3.8) is 0 Å². The van der Waals surface area contributed by atoms with E-state index in [2.05, 4.69) is 15.5 Å². The zero-order valence-electron chi connectivity index (χ0n) is 16.8. The summed E-state index contributed by atoms with van der Waals surface area (Å²) in [6.07, 6.45) is -0.423. The summed E-state index contributed by atoms with van der Waals surface area (Å²) in [7, 11) is 1.52. The average molecular weight is 414 g/mol. The fourth-order valence-electron chi connectivity index (χ4n) is 2.71. The van der Waals surface area contributed by atoms with Gasteiger partial charge in [0.1, 0.15) is 11.4 Å². The Labute approximate surface area is 170 Å². The number of rotatable bonds is 6. The predicted octanol–water partition coefficient (Wildman–Crippen LogP) is 3.45. The van der Waals surface area contributed by atoms with Gasteiger partial charge in [-0.15, -0.1) is 11.6 Å². The fraction of sp³-hybridized carbons (Fsp3) is 0.579. The van der Waals surface area contributed by atoms with Crippen molar-refractivity contribution in [1.29, 1.82) is 0 Å². The van der Waals surface area contributed by atoms with Crippen LogP contribution < -0.4 is 20.3 Å². The molecule has 28 heavy (non-hydrogen) atoms. The molecule has 156 valence electrons. The lowest BCUT2D eigenvalue weighted by molar-refractivity contribution is -0.115. The van der Waals surface area contributed by atoms with Gasteiger partial charge in [0, 0.05) is 31.5 Å². The van der Waals surface area contributed by atoms with Crippen LogP contribution in [0.5, 0.6) is 5.75 Å². The molecule has 0 radical (unpaired) electrons. The number of ether oxygens (including phenoxy) is 3. The van der Waals surface area contributed by atoms with Gasteiger partial charge in [0.25, 0.3) is 0 Å². The molecule has 0 spiro atoms. The molecule has 1 aliphatic heterocycles.